The lowest BCUT2D eigenvalue weighted by atomic mass is 9.97. The van der Waals surface area contributed by atoms with E-state index in [1.165, 1.54) is 0 Å². The number of fused-ring (bicyclic) bond motifs is 1. The predicted molar refractivity (Wildman–Crippen MR) is 202 cm³/mol. The molecule has 2 fully saturated rings. The fourth-order valence-electron chi connectivity index (χ4n) is 6.97. The summed E-state index contributed by atoms with van der Waals surface area (Å²) in [6.07, 6.45) is 5.13. The number of pyridine rings is 1. The Morgan fingerprint density at radius 3 is 2.37 bits per heavy atom. The number of halogens is 2. The molecule has 1 atom stereocenters. The number of β-amino-alcohol motifs (C(OH)–C–C–N with tert-alkyl or cyclic N) is 1. The third-order valence-corrected chi connectivity index (χ3v) is 11.7. The number of amides is 1. The highest BCUT2D eigenvalue weighted by molar-refractivity contribution is 8.00. The van der Waals surface area contributed by atoms with Crippen molar-refractivity contribution in [2.75, 3.05) is 33.0 Å². The first-order valence-corrected chi connectivity index (χ1v) is 18.6. The minimum atomic E-state index is -0.714. The van der Waals surface area contributed by atoms with Gasteiger partial charge in [0.25, 0.3) is 5.56 Å². The van der Waals surface area contributed by atoms with Crippen LogP contribution >= 0.6 is 35.0 Å². The van der Waals surface area contributed by atoms with Gasteiger partial charge in [-0.25, -0.2) is 9.50 Å². The Morgan fingerprint density at radius 2 is 1.73 bits per heavy atom. The van der Waals surface area contributed by atoms with Crippen LogP contribution in [-0.4, -0.2) is 78.6 Å². The maximum Gasteiger partial charge on any atom is 0.277 e. The lowest BCUT2D eigenvalue weighted by molar-refractivity contribution is -0.119. The van der Waals surface area contributed by atoms with Gasteiger partial charge in [0.15, 0.2) is 0 Å². The van der Waals surface area contributed by atoms with E-state index >= 15 is 0 Å². The molecule has 5 heterocycles. The first-order chi connectivity index (χ1) is 24.4. The van der Waals surface area contributed by atoms with Gasteiger partial charge in [-0.3, -0.25) is 19.1 Å². The number of hydrogen-bond acceptors (Lipinski definition) is 9. The fraction of sp³-hybridized carbons (Fsp3) is 0.351. The normalized spacial score (nSPS) is 18.6. The molecule has 5 aromatic rings. The minimum absolute atomic E-state index is 0.0780. The molecule has 0 saturated carbocycles. The van der Waals surface area contributed by atoms with Crippen LogP contribution in [0, 0.1) is 0 Å². The highest BCUT2D eigenvalue weighted by Crippen LogP contribution is 2.42. The molecular formula is C37H39Cl2N7O4S. The number of nitrogens with one attached hydrogen (secondary N) is 2. The Kier molecular flexibility index (Phi) is 9.68. The molecule has 266 valence electrons. The number of benzene rings is 2. The summed E-state index contributed by atoms with van der Waals surface area (Å²) in [7, 11) is 3.31. The zero-order valence-electron chi connectivity index (χ0n) is 28.8. The summed E-state index contributed by atoms with van der Waals surface area (Å²) < 4.78 is 8.85. The van der Waals surface area contributed by atoms with Crippen molar-refractivity contribution in [2.24, 2.45) is 7.05 Å². The van der Waals surface area contributed by atoms with E-state index in [-0.39, 0.29) is 16.3 Å². The van der Waals surface area contributed by atoms with Gasteiger partial charge in [0.2, 0.25) is 11.8 Å². The van der Waals surface area contributed by atoms with E-state index in [0.29, 0.717) is 72.1 Å². The average molecular weight is 749 g/mol. The summed E-state index contributed by atoms with van der Waals surface area (Å²) in [5.74, 6) is 1.16. The van der Waals surface area contributed by atoms with Crippen LogP contribution in [0.2, 0.25) is 10.0 Å². The summed E-state index contributed by atoms with van der Waals surface area (Å²) in [6, 6.07) is 17.2. The minimum Gasteiger partial charge on any atom is -0.481 e. The van der Waals surface area contributed by atoms with Crippen LogP contribution in [0.5, 0.6) is 5.88 Å². The number of carbonyl (C=O) groups excluding carboxylic acids is 1. The monoisotopic (exact) mass is 747 g/mol. The van der Waals surface area contributed by atoms with E-state index in [1.807, 2.05) is 61.0 Å². The average Bonchev–Trinajstić information content (AvgIpc) is 3.70. The third-order valence-electron chi connectivity index (χ3n) is 9.67. The molecule has 0 unspecified atom stereocenters. The second-order valence-electron chi connectivity index (χ2n) is 13.5. The Bertz CT molecular complexity index is 2210. The molecule has 0 spiro atoms. The maximum atomic E-state index is 13.4. The summed E-state index contributed by atoms with van der Waals surface area (Å²) >= 11 is 15.9. The van der Waals surface area contributed by atoms with Gasteiger partial charge in [-0.2, -0.15) is 5.10 Å². The number of ether oxygens (including phenoxy) is 1. The molecule has 0 radical (unpaired) electrons. The first-order valence-electron chi connectivity index (χ1n) is 16.6. The molecule has 0 bridgehead atoms. The molecule has 7 rings (SSSR count). The highest BCUT2D eigenvalue weighted by atomic mass is 35.5. The van der Waals surface area contributed by atoms with Gasteiger partial charge in [-0.05, 0) is 31.7 Å². The molecule has 51 heavy (non-hydrogen) atoms. The number of aliphatic hydroxyl groups is 1. The number of methoxy groups -OCH3 is 1. The second kappa shape index (κ2) is 13.9. The molecule has 14 heteroatoms. The van der Waals surface area contributed by atoms with Crippen LogP contribution in [0.15, 0.2) is 65.6 Å². The van der Waals surface area contributed by atoms with Gasteiger partial charge < -0.3 is 20.5 Å². The van der Waals surface area contributed by atoms with E-state index < -0.39 is 5.60 Å². The number of rotatable bonds is 11. The van der Waals surface area contributed by atoms with Gasteiger partial charge >= 0.3 is 0 Å². The van der Waals surface area contributed by atoms with Crippen molar-refractivity contribution >= 4 is 46.4 Å². The second-order valence-corrected chi connectivity index (χ2v) is 15.5. The molecule has 3 N–H and O–H groups in total. The van der Waals surface area contributed by atoms with Crippen molar-refractivity contribution in [1.82, 2.24) is 34.7 Å². The van der Waals surface area contributed by atoms with Crippen molar-refractivity contribution in [3.8, 4) is 39.4 Å². The number of carbonyl (C=O) groups is 1. The van der Waals surface area contributed by atoms with E-state index in [4.69, 9.17) is 38.0 Å². The van der Waals surface area contributed by atoms with Crippen molar-refractivity contribution in [3.63, 3.8) is 0 Å². The molecule has 11 nitrogen and oxygen atoms in total. The molecule has 2 aromatic carbocycles. The SMILES string of the molecule is COc1nc(-c2cccc(-c3cccc(-c4cc5c(=O)n(C)c(CN6CC(C)(O)C6)nn5c4)c3Cl)c2Cl)ccc1CNC[C@]1(SC)CCC(=O)N1. The van der Waals surface area contributed by atoms with Crippen LogP contribution < -0.4 is 20.9 Å². The summed E-state index contributed by atoms with van der Waals surface area (Å²) in [6.45, 7) is 4.44. The summed E-state index contributed by atoms with van der Waals surface area (Å²) in [5.41, 5.74) is 4.76. The van der Waals surface area contributed by atoms with Crippen LogP contribution in [0.25, 0.3) is 39.0 Å². The largest absolute Gasteiger partial charge is 0.481 e. The molecule has 3 aromatic heterocycles. The van der Waals surface area contributed by atoms with E-state index in [2.05, 4.69) is 15.5 Å². The zero-order valence-corrected chi connectivity index (χ0v) is 31.1. The van der Waals surface area contributed by atoms with Crippen molar-refractivity contribution in [2.45, 2.75) is 43.3 Å². The number of likely N-dealkylation sites (tertiary alicyclic amines) is 1. The van der Waals surface area contributed by atoms with Crippen molar-refractivity contribution in [1.29, 1.82) is 0 Å². The van der Waals surface area contributed by atoms with Crippen LogP contribution in [0.1, 0.15) is 31.2 Å². The van der Waals surface area contributed by atoms with Gasteiger partial charge in [-0.15, -0.1) is 11.8 Å². The zero-order chi connectivity index (χ0) is 36.1. The number of nitrogens with zero attached hydrogens (tertiary/aromatic N) is 5. The Labute approximate surface area is 309 Å². The fourth-order valence-corrected chi connectivity index (χ4v) is 8.40. The molecule has 2 aliphatic heterocycles. The lowest BCUT2D eigenvalue weighted by Crippen LogP contribution is -2.59. The smallest absolute Gasteiger partial charge is 0.277 e. The first kappa shape index (κ1) is 35.5. The lowest BCUT2D eigenvalue weighted by Gasteiger charge is -2.44. The van der Waals surface area contributed by atoms with Gasteiger partial charge in [0, 0.05) is 79.2 Å². The number of thioether (sulfide) groups is 1. The Balaban J connectivity index is 1.15. The quantitative estimate of drug-likeness (QED) is 0.164. The Hall–Kier alpha value is -3.91. The molecule has 2 saturated heterocycles. The van der Waals surface area contributed by atoms with Gasteiger partial charge in [0.1, 0.15) is 11.3 Å². The molecule has 0 aliphatic carbocycles. The molecule has 2 aliphatic rings. The highest BCUT2D eigenvalue weighted by Gasteiger charge is 2.37. The van der Waals surface area contributed by atoms with Gasteiger partial charge in [-0.1, -0.05) is 65.7 Å². The van der Waals surface area contributed by atoms with Crippen LogP contribution in [0.3, 0.4) is 0 Å². The third kappa shape index (κ3) is 6.88. The van der Waals surface area contributed by atoms with E-state index in [0.717, 1.165) is 39.8 Å². The Morgan fingerprint density at radius 1 is 1.04 bits per heavy atom. The molecule has 1 amide bonds. The summed E-state index contributed by atoms with van der Waals surface area (Å²) in [4.78, 5) is 31.8. The molecular weight excluding hydrogens is 709 g/mol. The maximum absolute atomic E-state index is 13.4. The van der Waals surface area contributed by atoms with Crippen molar-refractivity contribution < 1.29 is 14.6 Å². The van der Waals surface area contributed by atoms with Gasteiger partial charge in [0.05, 0.1) is 39.9 Å². The summed E-state index contributed by atoms with van der Waals surface area (Å²) in [5, 5.41) is 22.4. The van der Waals surface area contributed by atoms with Crippen LogP contribution in [-0.2, 0) is 24.9 Å². The van der Waals surface area contributed by atoms with E-state index in [9.17, 15) is 14.7 Å². The van der Waals surface area contributed by atoms with Crippen LogP contribution in [0.4, 0.5) is 0 Å². The topological polar surface area (TPSA) is 126 Å². The van der Waals surface area contributed by atoms with E-state index in [1.54, 1.807) is 48.0 Å². The van der Waals surface area contributed by atoms with Crippen molar-refractivity contribution in [3.05, 3.63) is 92.6 Å². The number of hydrogen-bond donors (Lipinski definition) is 3. The number of aromatic nitrogens is 4. The standard InChI is InChI=1S/C37H39Cl2N7O4S/c1-36(49)20-45(21-36)18-30-43-46-17-23(15-29(46)35(48)44(30)2)24-7-5-8-25(32(24)38)26-9-6-10-27(33(26)39)28-12-11-22(34(41-28)50-3)16-40-19-37(51-4)14-13-31(47)42-37/h5-12,15,17,40,49H,13-14,16,18-21H2,1-4H3,(H,42,47)/t37-/m1/s1. The predicted octanol–water partition coefficient (Wildman–Crippen LogP) is 5.37.